The summed E-state index contributed by atoms with van der Waals surface area (Å²) in [5.74, 6) is -0.0920. The summed E-state index contributed by atoms with van der Waals surface area (Å²) in [5.41, 5.74) is 0.747. The molecule has 0 aliphatic rings. The molecule has 0 N–H and O–H groups in total. The fraction of sp³-hybridized carbons (Fsp3) is 0.100. The van der Waals surface area contributed by atoms with E-state index in [1.807, 2.05) is 30.3 Å². The number of rotatable bonds is 5. The van der Waals surface area contributed by atoms with E-state index >= 15 is 0 Å². The summed E-state index contributed by atoms with van der Waals surface area (Å²) in [6.07, 6.45) is 2.76. The van der Waals surface area contributed by atoms with Gasteiger partial charge in [0.05, 0.1) is 25.2 Å². The first-order valence-corrected chi connectivity index (χ1v) is 8.18. The van der Waals surface area contributed by atoms with Crippen molar-refractivity contribution in [1.29, 1.82) is 0 Å². The van der Waals surface area contributed by atoms with Crippen molar-refractivity contribution < 1.29 is 18.7 Å². The maximum atomic E-state index is 12.9. The van der Waals surface area contributed by atoms with Crippen molar-refractivity contribution >= 4 is 28.5 Å². The molecule has 0 atom stereocenters. The topological polar surface area (TPSA) is 65.7 Å². The number of esters is 1. The molecule has 3 rings (SSSR count). The van der Waals surface area contributed by atoms with Gasteiger partial charge in [0.25, 0.3) is 0 Å². The number of halogens is 1. The molecule has 0 radical (unpaired) electrons. The molecule has 0 spiro atoms. The summed E-state index contributed by atoms with van der Waals surface area (Å²) in [6, 6.07) is 14.0. The van der Waals surface area contributed by atoms with Crippen LogP contribution >= 0.6 is 11.6 Å². The number of carbonyl (C=O) groups excluding carboxylic acids is 1. The first-order chi connectivity index (χ1) is 12.6. The van der Waals surface area contributed by atoms with Crippen LogP contribution in [0, 0.1) is 0 Å². The molecule has 26 heavy (non-hydrogen) atoms. The largest absolute Gasteiger partial charge is 0.469 e. The van der Waals surface area contributed by atoms with Crippen LogP contribution in [0.2, 0.25) is 5.02 Å². The van der Waals surface area contributed by atoms with Gasteiger partial charge in [-0.15, -0.1) is 0 Å². The quantitative estimate of drug-likeness (QED) is 0.486. The molecule has 0 saturated heterocycles. The van der Waals surface area contributed by atoms with Crippen molar-refractivity contribution in [3.63, 3.8) is 0 Å². The highest BCUT2D eigenvalue weighted by Crippen LogP contribution is 2.31. The summed E-state index contributed by atoms with van der Waals surface area (Å²) >= 11 is 5.99. The van der Waals surface area contributed by atoms with Gasteiger partial charge in [-0.3, -0.25) is 9.59 Å². The summed E-state index contributed by atoms with van der Waals surface area (Å²) in [6.45, 7) is 0. The molecule has 0 unspecified atom stereocenters. The van der Waals surface area contributed by atoms with E-state index in [1.165, 1.54) is 25.5 Å². The zero-order valence-corrected chi connectivity index (χ0v) is 14.7. The summed E-state index contributed by atoms with van der Waals surface area (Å²) in [5, 5.41) is 0.734. The van der Waals surface area contributed by atoms with Crippen LogP contribution in [0.3, 0.4) is 0 Å². The summed E-state index contributed by atoms with van der Waals surface area (Å²) in [4.78, 5) is 24.1. The van der Waals surface area contributed by atoms with Gasteiger partial charge in [0, 0.05) is 10.6 Å². The lowest BCUT2D eigenvalue weighted by Crippen LogP contribution is -2.07. The second-order valence-corrected chi connectivity index (χ2v) is 5.80. The highest BCUT2D eigenvalue weighted by molar-refractivity contribution is 6.31. The van der Waals surface area contributed by atoms with Crippen molar-refractivity contribution in [2.75, 3.05) is 7.11 Å². The lowest BCUT2D eigenvalue weighted by molar-refractivity contribution is -0.139. The predicted octanol–water partition coefficient (Wildman–Crippen LogP) is 4.57. The molecule has 2 aromatic carbocycles. The van der Waals surface area contributed by atoms with E-state index in [0.717, 1.165) is 0 Å². The van der Waals surface area contributed by atoms with E-state index in [-0.39, 0.29) is 17.6 Å². The van der Waals surface area contributed by atoms with Crippen LogP contribution in [0.25, 0.3) is 22.3 Å². The number of methoxy groups -OCH3 is 1. The average Bonchev–Trinajstić information content (AvgIpc) is 2.67. The Balaban J connectivity index is 2.10. The molecule has 6 heteroatoms. The molecule has 132 valence electrons. The van der Waals surface area contributed by atoms with Crippen molar-refractivity contribution in [1.82, 2.24) is 0 Å². The maximum Gasteiger partial charge on any atom is 0.309 e. The number of hydrogen-bond acceptors (Lipinski definition) is 5. The Hall–Kier alpha value is -3.05. The van der Waals surface area contributed by atoms with E-state index < -0.39 is 5.97 Å². The van der Waals surface area contributed by atoms with Gasteiger partial charge in [-0.2, -0.15) is 0 Å². The van der Waals surface area contributed by atoms with E-state index in [0.29, 0.717) is 27.3 Å². The molecule has 1 aromatic heterocycles. The number of carbonyl (C=O) groups is 1. The van der Waals surface area contributed by atoms with Gasteiger partial charge in [0.15, 0.2) is 5.76 Å². The number of fused-ring (bicyclic) bond motifs is 1. The Bertz CT molecular complexity index is 1020. The lowest BCUT2D eigenvalue weighted by Gasteiger charge is -2.09. The summed E-state index contributed by atoms with van der Waals surface area (Å²) < 4.78 is 16.0. The third-order valence-electron chi connectivity index (χ3n) is 3.64. The Kier molecular flexibility index (Phi) is 5.39. The van der Waals surface area contributed by atoms with Gasteiger partial charge >= 0.3 is 5.97 Å². The second-order valence-electron chi connectivity index (χ2n) is 5.37. The fourth-order valence-corrected chi connectivity index (χ4v) is 2.55. The highest BCUT2D eigenvalue weighted by atomic mass is 35.5. The third kappa shape index (κ3) is 3.78. The van der Waals surface area contributed by atoms with Crippen LogP contribution in [0.5, 0.6) is 5.75 Å². The monoisotopic (exact) mass is 370 g/mol. The van der Waals surface area contributed by atoms with Crippen molar-refractivity contribution in [3.05, 3.63) is 76.1 Å². The lowest BCUT2D eigenvalue weighted by atomic mass is 10.1. The number of hydrogen-bond donors (Lipinski definition) is 0. The minimum atomic E-state index is -0.412. The predicted molar refractivity (Wildman–Crippen MR) is 99.3 cm³/mol. The fourth-order valence-electron chi connectivity index (χ4n) is 2.38. The van der Waals surface area contributed by atoms with Crippen LogP contribution in [-0.2, 0) is 9.53 Å². The van der Waals surface area contributed by atoms with Gasteiger partial charge in [-0.25, -0.2) is 0 Å². The van der Waals surface area contributed by atoms with E-state index in [4.69, 9.17) is 20.8 Å². The average molecular weight is 371 g/mol. The molecular weight excluding hydrogens is 356 g/mol. The smallest absolute Gasteiger partial charge is 0.309 e. The summed E-state index contributed by atoms with van der Waals surface area (Å²) in [7, 11) is 1.30. The Labute approximate surface area is 154 Å². The SMILES string of the molecule is COC(=O)C/C=C/Oc1c(-c2ccccc2)oc2ccc(Cl)cc2c1=O. The van der Waals surface area contributed by atoms with Crippen molar-refractivity contribution in [3.8, 4) is 17.1 Å². The van der Waals surface area contributed by atoms with E-state index in [9.17, 15) is 9.59 Å². The highest BCUT2D eigenvalue weighted by Gasteiger charge is 2.17. The first kappa shape index (κ1) is 17.8. The van der Waals surface area contributed by atoms with Crippen LogP contribution in [0.4, 0.5) is 0 Å². The van der Waals surface area contributed by atoms with Gasteiger partial charge < -0.3 is 13.9 Å². The Morgan fingerprint density at radius 3 is 2.69 bits per heavy atom. The molecule has 0 amide bonds. The van der Waals surface area contributed by atoms with Gasteiger partial charge in [-0.05, 0) is 24.3 Å². The molecule has 3 aromatic rings. The maximum absolute atomic E-state index is 12.9. The molecule has 0 aliphatic carbocycles. The van der Waals surface area contributed by atoms with Crippen LogP contribution in [0.1, 0.15) is 6.42 Å². The van der Waals surface area contributed by atoms with Crippen molar-refractivity contribution in [2.24, 2.45) is 0 Å². The van der Waals surface area contributed by atoms with E-state index in [2.05, 4.69) is 4.74 Å². The molecule has 1 heterocycles. The van der Waals surface area contributed by atoms with Gasteiger partial charge in [0.1, 0.15) is 5.58 Å². The van der Waals surface area contributed by atoms with Crippen LogP contribution < -0.4 is 10.2 Å². The second kappa shape index (κ2) is 7.89. The third-order valence-corrected chi connectivity index (χ3v) is 3.88. The minimum absolute atomic E-state index is 0.0204. The van der Waals surface area contributed by atoms with Crippen LogP contribution in [-0.4, -0.2) is 13.1 Å². The van der Waals surface area contributed by atoms with Crippen LogP contribution in [0.15, 0.2) is 70.1 Å². The number of benzene rings is 2. The van der Waals surface area contributed by atoms with E-state index in [1.54, 1.807) is 12.1 Å². The normalized spacial score (nSPS) is 11.0. The Morgan fingerprint density at radius 2 is 1.96 bits per heavy atom. The zero-order chi connectivity index (χ0) is 18.5. The molecule has 0 bridgehead atoms. The molecule has 0 aliphatic heterocycles. The molecule has 0 fully saturated rings. The van der Waals surface area contributed by atoms with Gasteiger partial charge in [0.2, 0.25) is 11.2 Å². The zero-order valence-electron chi connectivity index (χ0n) is 13.9. The minimum Gasteiger partial charge on any atom is -0.469 e. The molecular formula is C20H15ClO5. The van der Waals surface area contributed by atoms with Crippen molar-refractivity contribution in [2.45, 2.75) is 6.42 Å². The first-order valence-electron chi connectivity index (χ1n) is 7.80. The molecule has 0 saturated carbocycles. The standard InChI is InChI=1S/C20H15ClO5/c1-24-17(22)8-5-11-25-20-18(23)15-12-14(21)9-10-16(15)26-19(20)13-6-3-2-4-7-13/h2-7,9-12H,8H2,1H3/b11-5+. The van der Waals surface area contributed by atoms with Gasteiger partial charge in [-0.1, -0.05) is 41.9 Å². The Morgan fingerprint density at radius 1 is 1.19 bits per heavy atom. The molecule has 5 nitrogen and oxygen atoms in total. The number of ether oxygens (including phenoxy) is 2.